The SMILES string of the molecule is CCN(CCC(N)=S)c1nc2ccccc2s1. The maximum Gasteiger partial charge on any atom is 0.186 e. The number of thiazole rings is 1. The molecule has 2 rings (SSSR count). The molecule has 0 atom stereocenters. The van der Waals surface area contributed by atoms with E-state index in [2.05, 4.69) is 22.9 Å². The van der Waals surface area contributed by atoms with Crippen LogP contribution in [0.15, 0.2) is 24.3 Å². The van der Waals surface area contributed by atoms with Gasteiger partial charge in [-0.2, -0.15) is 0 Å². The molecule has 0 unspecified atom stereocenters. The van der Waals surface area contributed by atoms with Crippen LogP contribution in [-0.2, 0) is 0 Å². The Balaban J connectivity index is 2.21. The summed E-state index contributed by atoms with van der Waals surface area (Å²) in [6, 6.07) is 8.18. The maximum absolute atomic E-state index is 5.54. The van der Waals surface area contributed by atoms with Crippen molar-refractivity contribution in [2.24, 2.45) is 5.73 Å². The highest BCUT2D eigenvalue weighted by Gasteiger charge is 2.10. The molecular weight excluding hydrogens is 250 g/mol. The Labute approximate surface area is 110 Å². The number of nitrogens with two attached hydrogens (primary N) is 1. The Bertz CT molecular complexity index is 488. The van der Waals surface area contributed by atoms with Crippen LogP contribution in [-0.4, -0.2) is 23.1 Å². The monoisotopic (exact) mass is 265 g/mol. The molecule has 5 heteroatoms. The van der Waals surface area contributed by atoms with Crippen molar-refractivity contribution in [3.63, 3.8) is 0 Å². The van der Waals surface area contributed by atoms with Crippen LogP contribution in [0.4, 0.5) is 5.13 Å². The summed E-state index contributed by atoms with van der Waals surface area (Å²) in [5.74, 6) is 0. The van der Waals surface area contributed by atoms with Crippen LogP contribution in [0.25, 0.3) is 10.2 Å². The van der Waals surface area contributed by atoms with Gasteiger partial charge in [-0.1, -0.05) is 35.7 Å². The van der Waals surface area contributed by atoms with E-state index in [-0.39, 0.29) is 0 Å². The van der Waals surface area contributed by atoms with Gasteiger partial charge in [0.2, 0.25) is 0 Å². The number of rotatable bonds is 5. The number of hydrogen-bond acceptors (Lipinski definition) is 4. The van der Waals surface area contributed by atoms with Gasteiger partial charge in [-0.25, -0.2) is 4.98 Å². The highest BCUT2D eigenvalue weighted by Crippen LogP contribution is 2.28. The summed E-state index contributed by atoms with van der Waals surface area (Å²) in [6.07, 6.45) is 0.735. The van der Waals surface area contributed by atoms with Gasteiger partial charge in [-0.05, 0) is 19.1 Å². The highest BCUT2D eigenvalue weighted by atomic mass is 32.1. The van der Waals surface area contributed by atoms with Crippen LogP contribution >= 0.6 is 23.6 Å². The molecular formula is C12H15N3S2. The van der Waals surface area contributed by atoms with Crippen molar-refractivity contribution in [3.8, 4) is 0 Å². The Hall–Kier alpha value is -1.20. The van der Waals surface area contributed by atoms with E-state index in [0.717, 1.165) is 30.2 Å². The minimum absolute atomic E-state index is 0.560. The number of para-hydroxylation sites is 1. The average molecular weight is 265 g/mol. The zero-order valence-corrected chi connectivity index (χ0v) is 11.4. The van der Waals surface area contributed by atoms with Crippen LogP contribution in [0.5, 0.6) is 0 Å². The fourth-order valence-electron chi connectivity index (χ4n) is 1.63. The second kappa shape index (κ2) is 5.42. The molecule has 0 spiro atoms. The number of hydrogen-bond donors (Lipinski definition) is 1. The predicted octanol–water partition coefficient (Wildman–Crippen LogP) is 2.80. The number of aromatic nitrogens is 1. The van der Waals surface area contributed by atoms with E-state index in [1.165, 1.54) is 4.70 Å². The van der Waals surface area contributed by atoms with E-state index >= 15 is 0 Å². The van der Waals surface area contributed by atoms with Crippen LogP contribution in [0.2, 0.25) is 0 Å². The summed E-state index contributed by atoms with van der Waals surface area (Å²) >= 11 is 6.62. The lowest BCUT2D eigenvalue weighted by Gasteiger charge is -2.18. The number of nitrogens with zero attached hydrogens (tertiary/aromatic N) is 2. The zero-order valence-electron chi connectivity index (χ0n) is 9.72. The lowest BCUT2D eigenvalue weighted by Crippen LogP contribution is -2.27. The molecule has 0 aliphatic heterocycles. The average Bonchev–Trinajstić information content (AvgIpc) is 2.72. The number of thiocarbonyl (C=S) groups is 1. The van der Waals surface area contributed by atoms with Gasteiger partial charge in [0, 0.05) is 19.5 Å². The largest absolute Gasteiger partial charge is 0.393 e. The molecule has 17 heavy (non-hydrogen) atoms. The fraction of sp³-hybridized carbons (Fsp3) is 0.333. The summed E-state index contributed by atoms with van der Waals surface area (Å²) in [7, 11) is 0. The Morgan fingerprint density at radius 3 is 2.88 bits per heavy atom. The van der Waals surface area contributed by atoms with Gasteiger partial charge in [0.1, 0.15) is 0 Å². The van der Waals surface area contributed by atoms with Crippen molar-refractivity contribution in [1.29, 1.82) is 0 Å². The van der Waals surface area contributed by atoms with E-state index in [1.807, 2.05) is 18.2 Å². The molecule has 3 nitrogen and oxygen atoms in total. The molecule has 0 saturated heterocycles. The first-order valence-corrected chi connectivity index (χ1v) is 6.82. The van der Waals surface area contributed by atoms with Crippen LogP contribution in [0, 0.1) is 0 Å². The second-order valence-electron chi connectivity index (χ2n) is 3.76. The van der Waals surface area contributed by atoms with Gasteiger partial charge in [0.05, 0.1) is 15.2 Å². The van der Waals surface area contributed by atoms with Gasteiger partial charge >= 0.3 is 0 Å². The molecule has 2 aromatic rings. The first kappa shape index (κ1) is 12.3. The lowest BCUT2D eigenvalue weighted by atomic mass is 10.3. The van der Waals surface area contributed by atoms with E-state index in [0.29, 0.717) is 4.99 Å². The number of anilines is 1. The second-order valence-corrected chi connectivity index (χ2v) is 5.29. The molecule has 0 aliphatic carbocycles. The molecule has 90 valence electrons. The first-order chi connectivity index (χ1) is 8.20. The van der Waals surface area contributed by atoms with E-state index in [9.17, 15) is 0 Å². The Kier molecular flexibility index (Phi) is 3.91. The molecule has 0 radical (unpaired) electrons. The quantitative estimate of drug-likeness (QED) is 0.844. The summed E-state index contributed by atoms with van der Waals surface area (Å²) < 4.78 is 1.22. The molecule has 1 aromatic heterocycles. The fourth-order valence-corrected chi connectivity index (χ4v) is 2.78. The topological polar surface area (TPSA) is 42.1 Å². The molecule has 0 saturated carbocycles. The third-order valence-electron chi connectivity index (χ3n) is 2.56. The molecule has 0 amide bonds. The van der Waals surface area contributed by atoms with E-state index in [1.54, 1.807) is 11.3 Å². The smallest absolute Gasteiger partial charge is 0.186 e. The van der Waals surface area contributed by atoms with Crippen LogP contribution in [0.3, 0.4) is 0 Å². The molecule has 1 aromatic carbocycles. The van der Waals surface area contributed by atoms with Gasteiger partial charge in [-0.15, -0.1) is 0 Å². The summed E-state index contributed by atoms with van der Waals surface area (Å²) in [5.41, 5.74) is 6.59. The van der Waals surface area contributed by atoms with Crippen molar-refractivity contribution in [3.05, 3.63) is 24.3 Å². The molecule has 0 fully saturated rings. The third kappa shape index (κ3) is 2.92. The Morgan fingerprint density at radius 2 is 2.24 bits per heavy atom. The van der Waals surface area contributed by atoms with Gasteiger partial charge in [0.15, 0.2) is 5.13 Å². The molecule has 2 N–H and O–H groups in total. The van der Waals surface area contributed by atoms with E-state index < -0.39 is 0 Å². The first-order valence-electron chi connectivity index (χ1n) is 5.59. The zero-order chi connectivity index (χ0) is 12.3. The summed E-state index contributed by atoms with van der Waals surface area (Å²) in [4.78, 5) is 7.39. The van der Waals surface area contributed by atoms with Gasteiger partial charge in [-0.3, -0.25) is 0 Å². The molecule has 1 heterocycles. The number of benzene rings is 1. The minimum atomic E-state index is 0.560. The van der Waals surface area contributed by atoms with Crippen LogP contribution < -0.4 is 10.6 Å². The highest BCUT2D eigenvalue weighted by molar-refractivity contribution is 7.80. The van der Waals surface area contributed by atoms with Crippen molar-refractivity contribution in [2.75, 3.05) is 18.0 Å². The minimum Gasteiger partial charge on any atom is -0.393 e. The Morgan fingerprint density at radius 1 is 1.47 bits per heavy atom. The van der Waals surface area contributed by atoms with Crippen molar-refractivity contribution >= 4 is 43.9 Å². The van der Waals surface area contributed by atoms with Crippen LogP contribution in [0.1, 0.15) is 13.3 Å². The maximum atomic E-state index is 5.54. The predicted molar refractivity (Wildman–Crippen MR) is 78.9 cm³/mol. The normalized spacial score (nSPS) is 10.6. The standard InChI is InChI=1S/C12H15N3S2/c1-2-15(8-7-11(13)16)12-14-9-5-3-4-6-10(9)17-12/h3-6H,2,7-8H2,1H3,(H2,13,16). The summed E-state index contributed by atoms with van der Waals surface area (Å²) in [6.45, 7) is 3.87. The van der Waals surface area contributed by atoms with Crippen molar-refractivity contribution < 1.29 is 0 Å². The number of fused-ring (bicyclic) bond motifs is 1. The third-order valence-corrected chi connectivity index (χ3v) is 3.86. The van der Waals surface area contributed by atoms with Gasteiger partial charge in [0.25, 0.3) is 0 Å². The molecule has 0 aliphatic rings. The van der Waals surface area contributed by atoms with Crippen molar-refractivity contribution in [1.82, 2.24) is 4.98 Å². The van der Waals surface area contributed by atoms with E-state index in [4.69, 9.17) is 18.0 Å². The van der Waals surface area contributed by atoms with Gasteiger partial charge < -0.3 is 10.6 Å². The summed E-state index contributed by atoms with van der Waals surface area (Å²) in [5, 5.41) is 1.05. The van der Waals surface area contributed by atoms with Crippen molar-refractivity contribution in [2.45, 2.75) is 13.3 Å². The molecule has 0 bridgehead atoms. The lowest BCUT2D eigenvalue weighted by molar-refractivity contribution is 0.833.